The molecule has 1 rings (SSSR count). The average molecular weight is 276 g/mol. The Morgan fingerprint density at radius 1 is 1.57 bits per heavy atom. The van der Waals surface area contributed by atoms with E-state index in [0.717, 1.165) is 10.0 Å². The highest BCUT2D eigenvalue weighted by molar-refractivity contribution is 9.10. The lowest BCUT2D eigenvalue weighted by molar-refractivity contribution is -0.135. The zero-order valence-electron chi connectivity index (χ0n) is 7.21. The van der Waals surface area contributed by atoms with Gasteiger partial charge in [-0.3, -0.25) is 4.79 Å². The molecule has 0 amide bonds. The molecule has 0 saturated heterocycles. The van der Waals surface area contributed by atoms with Crippen molar-refractivity contribution in [2.45, 2.75) is 6.42 Å². The summed E-state index contributed by atoms with van der Waals surface area (Å²) in [5.41, 5.74) is 0.913. The van der Waals surface area contributed by atoms with Crippen LogP contribution in [0.25, 0.3) is 6.08 Å². The van der Waals surface area contributed by atoms with E-state index in [9.17, 15) is 4.79 Å². The van der Waals surface area contributed by atoms with Crippen LogP contribution in [-0.4, -0.2) is 11.1 Å². The van der Waals surface area contributed by atoms with Gasteiger partial charge in [-0.05, 0) is 17.7 Å². The molecule has 1 aromatic carbocycles. The lowest BCUT2D eigenvalue weighted by Crippen LogP contribution is -1.89. The van der Waals surface area contributed by atoms with E-state index in [1.54, 1.807) is 24.3 Å². The number of benzene rings is 1. The van der Waals surface area contributed by atoms with Gasteiger partial charge in [-0.1, -0.05) is 45.7 Å². The second kappa shape index (κ2) is 5.17. The number of hydrogen-bond acceptors (Lipinski definition) is 1. The van der Waals surface area contributed by atoms with Gasteiger partial charge in [-0.25, -0.2) is 0 Å². The van der Waals surface area contributed by atoms with E-state index >= 15 is 0 Å². The van der Waals surface area contributed by atoms with Gasteiger partial charge in [0.15, 0.2) is 0 Å². The molecule has 0 saturated carbocycles. The predicted molar refractivity (Wildman–Crippen MR) is 60.4 cm³/mol. The zero-order chi connectivity index (χ0) is 10.6. The third kappa shape index (κ3) is 3.52. The predicted octanol–water partition coefficient (Wildman–Crippen LogP) is 3.59. The molecule has 0 heterocycles. The highest BCUT2D eigenvalue weighted by Crippen LogP contribution is 2.22. The number of aliphatic carboxylic acids is 1. The Bertz CT molecular complexity index is 374. The van der Waals surface area contributed by atoms with Crippen LogP contribution in [0.2, 0.25) is 5.02 Å². The Labute approximate surface area is 95.3 Å². The number of hydrogen-bond donors (Lipinski definition) is 1. The molecule has 0 aliphatic heterocycles. The summed E-state index contributed by atoms with van der Waals surface area (Å²) in [5, 5.41) is 9.07. The quantitative estimate of drug-likeness (QED) is 0.915. The van der Waals surface area contributed by atoms with Crippen LogP contribution in [0, 0.1) is 0 Å². The summed E-state index contributed by atoms with van der Waals surface area (Å²) in [6.07, 6.45) is 3.36. The Morgan fingerprint density at radius 2 is 2.29 bits per heavy atom. The first-order valence-corrected chi connectivity index (χ1v) is 5.10. The van der Waals surface area contributed by atoms with Crippen molar-refractivity contribution in [1.29, 1.82) is 0 Å². The molecule has 2 nitrogen and oxygen atoms in total. The van der Waals surface area contributed by atoms with Crippen LogP contribution in [0.3, 0.4) is 0 Å². The number of carboxylic acid groups (broad SMARTS) is 1. The minimum Gasteiger partial charge on any atom is -0.481 e. The molecule has 0 atom stereocenters. The summed E-state index contributed by atoms with van der Waals surface area (Å²) < 4.78 is 0.853. The van der Waals surface area contributed by atoms with E-state index in [1.807, 2.05) is 6.07 Å². The molecule has 74 valence electrons. The van der Waals surface area contributed by atoms with Crippen LogP contribution in [0.1, 0.15) is 12.0 Å². The van der Waals surface area contributed by atoms with Gasteiger partial charge in [-0.2, -0.15) is 0 Å². The molecule has 0 fully saturated rings. The number of carbonyl (C=O) groups is 1. The fraction of sp³-hybridized carbons (Fsp3) is 0.100. The highest BCUT2D eigenvalue weighted by Gasteiger charge is 1.97. The van der Waals surface area contributed by atoms with Gasteiger partial charge in [0.25, 0.3) is 0 Å². The topological polar surface area (TPSA) is 37.3 Å². The molecule has 0 spiro atoms. The lowest BCUT2D eigenvalue weighted by Gasteiger charge is -1.98. The molecule has 0 radical (unpaired) electrons. The second-order valence-corrected chi connectivity index (χ2v) is 3.96. The van der Waals surface area contributed by atoms with Gasteiger partial charge in [0, 0.05) is 9.50 Å². The summed E-state index contributed by atoms with van der Waals surface area (Å²) in [6, 6.07) is 5.35. The molecule has 0 aliphatic rings. The fourth-order valence-corrected chi connectivity index (χ4v) is 1.74. The second-order valence-electron chi connectivity index (χ2n) is 2.67. The Balaban J connectivity index is 2.76. The number of rotatable bonds is 3. The van der Waals surface area contributed by atoms with Crippen molar-refractivity contribution in [1.82, 2.24) is 0 Å². The molecule has 1 N–H and O–H groups in total. The van der Waals surface area contributed by atoms with E-state index < -0.39 is 5.97 Å². The van der Waals surface area contributed by atoms with Crippen molar-refractivity contribution < 1.29 is 9.90 Å². The minimum absolute atomic E-state index is 0.0229. The van der Waals surface area contributed by atoms with Crippen molar-refractivity contribution in [3.63, 3.8) is 0 Å². The third-order valence-corrected chi connectivity index (χ3v) is 2.47. The highest BCUT2D eigenvalue weighted by atomic mass is 79.9. The molecule has 0 aliphatic carbocycles. The van der Waals surface area contributed by atoms with Crippen LogP contribution in [0.4, 0.5) is 0 Å². The van der Waals surface area contributed by atoms with Crippen LogP contribution < -0.4 is 0 Å². The van der Waals surface area contributed by atoms with Crippen molar-refractivity contribution in [3.8, 4) is 0 Å². The minimum atomic E-state index is -0.841. The van der Waals surface area contributed by atoms with Crippen molar-refractivity contribution in [2.24, 2.45) is 0 Å². The van der Waals surface area contributed by atoms with Crippen LogP contribution in [0.5, 0.6) is 0 Å². The molecule has 0 aromatic heterocycles. The van der Waals surface area contributed by atoms with E-state index in [-0.39, 0.29) is 6.42 Å². The summed E-state index contributed by atoms with van der Waals surface area (Å²) in [6.45, 7) is 0. The van der Waals surface area contributed by atoms with Crippen molar-refractivity contribution in [2.75, 3.05) is 0 Å². The molecule has 0 unspecified atom stereocenters. The molecule has 1 aromatic rings. The smallest absolute Gasteiger partial charge is 0.307 e. The molecule has 0 bridgehead atoms. The normalized spacial score (nSPS) is 10.7. The van der Waals surface area contributed by atoms with Gasteiger partial charge in [-0.15, -0.1) is 0 Å². The Morgan fingerprint density at radius 3 is 2.86 bits per heavy atom. The fourth-order valence-electron chi connectivity index (χ4n) is 0.923. The van der Waals surface area contributed by atoms with E-state index in [1.165, 1.54) is 0 Å². The first kappa shape index (κ1) is 11.3. The van der Waals surface area contributed by atoms with Crippen molar-refractivity contribution in [3.05, 3.63) is 39.3 Å². The first-order valence-electron chi connectivity index (χ1n) is 3.93. The van der Waals surface area contributed by atoms with Crippen LogP contribution in [-0.2, 0) is 4.79 Å². The summed E-state index contributed by atoms with van der Waals surface area (Å²) in [5.74, 6) is -0.841. The van der Waals surface area contributed by atoms with Gasteiger partial charge in [0.05, 0.1) is 6.42 Å². The van der Waals surface area contributed by atoms with E-state index in [0.29, 0.717) is 5.02 Å². The molecule has 4 heteroatoms. The first-order chi connectivity index (χ1) is 6.59. The zero-order valence-corrected chi connectivity index (χ0v) is 9.55. The number of carboxylic acids is 1. The van der Waals surface area contributed by atoms with E-state index in [4.69, 9.17) is 16.7 Å². The molecular formula is C10H8BrClO2. The summed E-state index contributed by atoms with van der Waals surface area (Å²) in [7, 11) is 0. The largest absolute Gasteiger partial charge is 0.481 e. The maximum atomic E-state index is 10.2. The maximum absolute atomic E-state index is 10.2. The van der Waals surface area contributed by atoms with Gasteiger partial charge < -0.3 is 5.11 Å². The van der Waals surface area contributed by atoms with E-state index in [2.05, 4.69) is 15.9 Å². The Kier molecular flexibility index (Phi) is 4.17. The van der Waals surface area contributed by atoms with Gasteiger partial charge in [0.1, 0.15) is 0 Å². The van der Waals surface area contributed by atoms with Gasteiger partial charge in [0.2, 0.25) is 0 Å². The Hall–Kier alpha value is -0.800. The maximum Gasteiger partial charge on any atom is 0.307 e. The van der Waals surface area contributed by atoms with Gasteiger partial charge >= 0.3 is 5.97 Å². The lowest BCUT2D eigenvalue weighted by atomic mass is 10.2. The molecule has 14 heavy (non-hydrogen) atoms. The third-order valence-electron chi connectivity index (χ3n) is 1.55. The average Bonchev–Trinajstić information content (AvgIpc) is 2.08. The van der Waals surface area contributed by atoms with Crippen LogP contribution in [0.15, 0.2) is 28.7 Å². The SMILES string of the molecule is O=C(O)CC=Cc1ccc(Cl)cc1Br. The van der Waals surface area contributed by atoms with Crippen molar-refractivity contribution >= 4 is 39.6 Å². The van der Waals surface area contributed by atoms with Crippen LogP contribution >= 0.6 is 27.5 Å². The summed E-state index contributed by atoms with van der Waals surface area (Å²) in [4.78, 5) is 10.2. The molecular weight excluding hydrogens is 267 g/mol. The summed E-state index contributed by atoms with van der Waals surface area (Å²) >= 11 is 9.08. The monoisotopic (exact) mass is 274 g/mol. The number of halogens is 2. The standard InChI is InChI=1S/C10H8BrClO2/c11-9-6-8(12)5-4-7(9)2-1-3-10(13)14/h1-2,4-6H,3H2,(H,13,14).